The van der Waals surface area contributed by atoms with Crippen LogP contribution >= 0.6 is 0 Å². The first-order valence-corrected chi connectivity index (χ1v) is 6.96. The molecule has 0 amide bonds. The van der Waals surface area contributed by atoms with Crippen molar-refractivity contribution in [2.24, 2.45) is 5.41 Å². The van der Waals surface area contributed by atoms with Gasteiger partial charge in [-0.15, -0.1) is 0 Å². The highest BCUT2D eigenvalue weighted by molar-refractivity contribution is 5.62. The van der Waals surface area contributed by atoms with Gasteiger partial charge >= 0.3 is 0 Å². The third-order valence-corrected chi connectivity index (χ3v) is 3.39. The lowest BCUT2D eigenvalue weighted by Gasteiger charge is -2.23. The fraction of sp³-hybridized carbons (Fsp3) is 0.389. The zero-order valence-electron chi connectivity index (χ0n) is 12.4. The second-order valence-electron chi connectivity index (χ2n) is 6.53. The van der Waals surface area contributed by atoms with Crippen molar-refractivity contribution in [1.29, 1.82) is 0 Å². The molecular weight excluding hydrogens is 230 g/mol. The van der Waals surface area contributed by atoms with E-state index in [1.165, 1.54) is 23.1 Å². The minimum Gasteiger partial charge on any atom is -0.264 e. The largest absolute Gasteiger partial charge is 0.264 e. The van der Waals surface area contributed by atoms with Crippen LogP contribution in [0.25, 0.3) is 11.1 Å². The van der Waals surface area contributed by atoms with E-state index in [0.29, 0.717) is 11.3 Å². The molecule has 0 fully saturated rings. The summed E-state index contributed by atoms with van der Waals surface area (Å²) in [6.07, 6.45) is 4.93. The van der Waals surface area contributed by atoms with E-state index in [1.807, 2.05) is 18.5 Å². The van der Waals surface area contributed by atoms with Crippen molar-refractivity contribution in [3.63, 3.8) is 0 Å². The zero-order valence-corrected chi connectivity index (χ0v) is 12.4. The van der Waals surface area contributed by atoms with Crippen LogP contribution < -0.4 is 0 Å². The second-order valence-corrected chi connectivity index (χ2v) is 6.53. The van der Waals surface area contributed by atoms with Crippen molar-refractivity contribution < 1.29 is 0 Å². The van der Waals surface area contributed by atoms with Crippen LogP contribution in [0.5, 0.6) is 0 Å². The minimum absolute atomic E-state index is 0.376. The van der Waals surface area contributed by atoms with E-state index in [1.54, 1.807) is 0 Å². The van der Waals surface area contributed by atoms with Crippen molar-refractivity contribution in [1.82, 2.24) is 4.98 Å². The first-order valence-electron chi connectivity index (χ1n) is 6.96. The van der Waals surface area contributed by atoms with Crippen LogP contribution in [0.2, 0.25) is 0 Å². The Bertz CT molecular complexity index is 506. The van der Waals surface area contributed by atoms with Crippen molar-refractivity contribution in [3.8, 4) is 11.1 Å². The summed E-state index contributed by atoms with van der Waals surface area (Å²) < 4.78 is 0. The van der Waals surface area contributed by atoms with Crippen LogP contribution in [0.15, 0.2) is 48.8 Å². The third-order valence-electron chi connectivity index (χ3n) is 3.39. The van der Waals surface area contributed by atoms with Gasteiger partial charge in [0.15, 0.2) is 0 Å². The summed E-state index contributed by atoms with van der Waals surface area (Å²) >= 11 is 0. The minimum atomic E-state index is 0.376. The molecule has 0 saturated carbocycles. The van der Waals surface area contributed by atoms with Gasteiger partial charge in [-0.25, -0.2) is 0 Å². The number of hydrogen-bond donors (Lipinski definition) is 0. The van der Waals surface area contributed by atoms with E-state index in [-0.39, 0.29) is 0 Å². The number of aromatic nitrogens is 1. The van der Waals surface area contributed by atoms with Crippen LogP contribution in [0.4, 0.5) is 0 Å². The van der Waals surface area contributed by atoms with E-state index < -0.39 is 0 Å². The fourth-order valence-electron chi connectivity index (χ4n) is 2.57. The molecule has 2 aromatic rings. The summed E-state index contributed by atoms with van der Waals surface area (Å²) in [7, 11) is 0. The topological polar surface area (TPSA) is 12.9 Å². The molecular formula is C18H23N. The molecule has 0 N–H and O–H groups in total. The predicted molar refractivity (Wildman–Crippen MR) is 82.2 cm³/mol. The summed E-state index contributed by atoms with van der Waals surface area (Å²) in [5.74, 6) is 0.600. The van der Waals surface area contributed by atoms with Gasteiger partial charge in [0.2, 0.25) is 0 Å². The zero-order chi connectivity index (χ0) is 13.9. The Hall–Kier alpha value is -1.63. The Morgan fingerprint density at radius 1 is 1.00 bits per heavy atom. The highest BCUT2D eigenvalue weighted by Gasteiger charge is 2.16. The maximum absolute atomic E-state index is 4.17. The summed E-state index contributed by atoms with van der Waals surface area (Å²) in [4.78, 5) is 4.17. The molecule has 1 unspecified atom stereocenters. The van der Waals surface area contributed by atoms with E-state index in [2.05, 4.69) is 63.0 Å². The Morgan fingerprint density at radius 3 is 2.21 bits per heavy atom. The number of rotatable bonds is 3. The van der Waals surface area contributed by atoms with Crippen LogP contribution in [-0.4, -0.2) is 4.98 Å². The maximum atomic E-state index is 4.17. The quantitative estimate of drug-likeness (QED) is 0.724. The average Bonchev–Trinajstić information content (AvgIpc) is 2.38. The van der Waals surface area contributed by atoms with Crippen LogP contribution in [0.1, 0.15) is 45.6 Å². The van der Waals surface area contributed by atoms with Gasteiger partial charge in [-0.2, -0.15) is 0 Å². The van der Waals surface area contributed by atoms with Crippen LogP contribution in [0, 0.1) is 5.41 Å². The van der Waals surface area contributed by atoms with Crippen LogP contribution in [-0.2, 0) is 0 Å². The lowest BCUT2D eigenvalue weighted by molar-refractivity contribution is 0.349. The van der Waals surface area contributed by atoms with E-state index in [0.717, 1.165) is 0 Å². The Morgan fingerprint density at radius 2 is 1.68 bits per heavy atom. The van der Waals surface area contributed by atoms with Gasteiger partial charge in [0.1, 0.15) is 0 Å². The van der Waals surface area contributed by atoms with Gasteiger partial charge in [0.05, 0.1) is 0 Å². The molecule has 100 valence electrons. The smallest absolute Gasteiger partial charge is 0.0346 e. The van der Waals surface area contributed by atoms with Crippen LogP contribution in [0.3, 0.4) is 0 Å². The molecule has 2 rings (SSSR count). The summed E-state index contributed by atoms with van der Waals surface area (Å²) in [6.45, 7) is 9.21. The van der Waals surface area contributed by atoms with Gasteiger partial charge in [-0.3, -0.25) is 4.98 Å². The molecule has 0 saturated heterocycles. The highest BCUT2D eigenvalue weighted by Crippen LogP contribution is 2.31. The lowest BCUT2D eigenvalue weighted by Crippen LogP contribution is -2.09. The molecule has 0 aliphatic rings. The molecule has 1 heterocycles. The third kappa shape index (κ3) is 3.92. The molecule has 0 radical (unpaired) electrons. The second kappa shape index (κ2) is 5.56. The summed E-state index contributed by atoms with van der Waals surface area (Å²) in [5, 5.41) is 0. The van der Waals surface area contributed by atoms with Gasteiger partial charge in [-0.1, -0.05) is 58.0 Å². The molecule has 0 bridgehead atoms. The molecule has 1 heteroatoms. The molecule has 1 nitrogen and oxygen atoms in total. The van der Waals surface area contributed by atoms with E-state index >= 15 is 0 Å². The average molecular weight is 253 g/mol. The monoisotopic (exact) mass is 253 g/mol. The first-order chi connectivity index (χ1) is 8.96. The normalized spacial score (nSPS) is 13.3. The fourth-order valence-corrected chi connectivity index (χ4v) is 2.57. The molecule has 1 aromatic carbocycles. The van der Waals surface area contributed by atoms with E-state index in [9.17, 15) is 0 Å². The lowest BCUT2D eigenvalue weighted by atomic mass is 9.82. The van der Waals surface area contributed by atoms with Gasteiger partial charge < -0.3 is 0 Å². The first kappa shape index (κ1) is 13.8. The number of nitrogens with zero attached hydrogens (tertiary/aromatic N) is 1. The predicted octanol–water partition coefficient (Wildman–Crippen LogP) is 5.29. The SMILES string of the molecule is CC(CC(C)(C)C)c1ccc(-c2cccnc2)cc1. The Kier molecular flexibility index (Phi) is 4.04. The van der Waals surface area contributed by atoms with Crippen molar-refractivity contribution in [2.75, 3.05) is 0 Å². The molecule has 19 heavy (non-hydrogen) atoms. The number of pyridine rings is 1. The Balaban J connectivity index is 2.15. The standard InChI is InChI=1S/C18H23N/c1-14(12-18(2,3)4)15-7-9-16(10-8-15)17-6-5-11-19-13-17/h5-11,13-14H,12H2,1-4H3. The van der Waals surface area contributed by atoms with Crippen molar-refractivity contribution in [3.05, 3.63) is 54.4 Å². The molecule has 0 spiro atoms. The molecule has 1 aromatic heterocycles. The Labute approximate surface area is 116 Å². The van der Waals surface area contributed by atoms with Gasteiger partial charge in [0.25, 0.3) is 0 Å². The highest BCUT2D eigenvalue weighted by atomic mass is 14.6. The van der Waals surface area contributed by atoms with Crippen molar-refractivity contribution in [2.45, 2.75) is 40.0 Å². The van der Waals surface area contributed by atoms with Gasteiger partial charge in [-0.05, 0) is 40.5 Å². The molecule has 0 aliphatic heterocycles. The van der Waals surface area contributed by atoms with E-state index in [4.69, 9.17) is 0 Å². The number of benzene rings is 1. The summed E-state index contributed by atoms with van der Waals surface area (Å²) in [6, 6.07) is 13.0. The van der Waals surface area contributed by atoms with Crippen molar-refractivity contribution >= 4 is 0 Å². The maximum Gasteiger partial charge on any atom is 0.0346 e. The van der Waals surface area contributed by atoms with Gasteiger partial charge in [0, 0.05) is 12.4 Å². The summed E-state index contributed by atoms with van der Waals surface area (Å²) in [5.41, 5.74) is 4.21. The number of hydrogen-bond acceptors (Lipinski definition) is 1. The molecule has 0 aliphatic carbocycles. The molecule has 1 atom stereocenters.